The Labute approximate surface area is 110 Å². The van der Waals surface area contributed by atoms with Gasteiger partial charge in [-0.3, -0.25) is 0 Å². The summed E-state index contributed by atoms with van der Waals surface area (Å²) in [7, 11) is 0. The average molecular weight is 269 g/mol. The number of aromatic amines is 1. The van der Waals surface area contributed by atoms with Gasteiger partial charge in [0, 0.05) is 18.1 Å². The van der Waals surface area contributed by atoms with Gasteiger partial charge in [0.1, 0.15) is 0 Å². The van der Waals surface area contributed by atoms with Gasteiger partial charge in [0.25, 0.3) is 0 Å². The fourth-order valence-electron chi connectivity index (χ4n) is 2.64. The summed E-state index contributed by atoms with van der Waals surface area (Å²) in [6.45, 7) is 2.14. The van der Waals surface area contributed by atoms with Crippen LogP contribution in [0.25, 0.3) is 10.9 Å². The van der Waals surface area contributed by atoms with Crippen molar-refractivity contribution in [1.82, 2.24) is 10.3 Å². The van der Waals surface area contributed by atoms with Crippen LogP contribution in [0.1, 0.15) is 24.3 Å². The van der Waals surface area contributed by atoms with Crippen LogP contribution in [0, 0.1) is 0 Å². The normalized spacial score (nSPS) is 20.9. The van der Waals surface area contributed by atoms with Crippen LogP contribution in [0.2, 0.25) is 10.0 Å². The van der Waals surface area contributed by atoms with Crippen molar-refractivity contribution in [3.05, 3.63) is 33.9 Å². The molecule has 1 unspecified atom stereocenters. The van der Waals surface area contributed by atoms with Gasteiger partial charge >= 0.3 is 0 Å². The molecule has 0 radical (unpaired) electrons. The molecule has 1 fully saturated rings. The zero-order valence-corrected chi connectivity index (χ0v) is 10.9. The molecule has 2 aromatic rings. The van der Waals surface area contributed by atoms with E-state index in [0.29, 0.717) is 5.92 Å². The minimum Gasteiger partial charge on any atom is -0.360 e. The molecule has 1 aliphatic heterocycles. The van der Waals surface area contributed by atoms with Crippen molar-refractivity contribution < 1.29 is 0 Å². The van der Waals surface area contributed by atoms with Gasteiger partial charge in [0.15, 0.2) is 0 Å². The molecule has 2 nitrogen and oxygen atoms in total. The highest BCUT2D eigenvalue weighted by molar-refractivity contribution is 6.40. The van der Waals surface area contributed by atoms with E-state index in [4.69, 9.17) is 23.2 Å². The molecule has 0 aliphatic carbocycles. The van der Waals surface area contributed by atoms with E-state index in [1.165, 1.54) is 18.4 Å². The van der Waals surface area contributed by atoms with Crippen LogP contribution in [0.5, 0.6) is 0 Å². The molecule has 0 amide bonds. The van der Waals surface area contributed by atoms with Crippen molar-refractivity contribution in [1.29, 1.82) is 0 Å². The molecule has 90 valence electrons. The van der Waals surface area contributed by atoms with E-state index >= 15 is 0 Å². The van der Waals surface area contributed by atoms with E-state index in [1.54, 1.807) is 0 Å². The summed E-state index contributed by atoms with van der Waals surface area (Å²) in [5.74, 6) is 0.536. The lowest BCUT2D eigenvalue weighted by Gasteiger charge is -2.22. The number of hydrogen-bond acceptors (Lipinski definition) is 1. The second-order valence-corrected chi connectivity index (χ2v) is 5.38. The number of halogens is 2. The maximum absolute atomic E-state index is 6.30. The lowest BCUT2D eigenvalue weighted by Crippen LogP contribution is -2.28. The Morgan fingerprint density at radius 2 is 2.00 bits per heavy atom. The SMILES string of the molecule is Clc1ccc(Cl)c2c(C3CCCNC3)c[nH]c12. The average Bonchev–Trinajstić information content (AvgIpc) is 2.81. The maximum Gasteiger partial charge on any atom is 0.0661 e. The molecule has 1 aromatic heterocycles. The van der Waals surface area contributed by atoms with E-state index < -0.39 is 0 Å². The molecular formula is C13H14Cl2N2. The van der Waals surface area contributed by atoms with Crippen molar-refractivity contribution in [2.45, 2.75) is 18.8 Å². The third kappa shape index (κ3) is 1.95. The molecule has 0 spiro atoms. The summed E-state index contributed by atoms with van der Waals surface area (Å²) >= 11 is 12.5. The maximum atomic E-state index is 6.30. The molecule has 2 heterocycles. The lowest BCUT2D eigenvalue weighted by molar-refractivity contribution is 0.463. The summed E-state index contributed by atoms with van der Waals surface area (Å²) < 4.78 is 0. The first-order valence-electron chi connectivity index (χ1n) is 5.93. The molecule has 2 N–H and O–H groups in total. The Bertz CT molecular complexity index is 542. The van der Waals surface area contributed by atoms with Gasteiger partial charge in [-0.15, -0.1) is 0 Å². The van der Waals surface area contributed by atoms with Crippen LogP contribution in [0.15, 0.2) is 18.3 Å². The molecule has 1 saturated heterocycles. The quantitative estimate of drug-likeness (QED) is 0.806. The zero-order chi connectivity index (χ0) is 11.8. The van der Waals surface area contributed by atoms with E-state index in [2.05, 4.69) is 16.5 Å². The Balaban J connectivity index is 2.13. The fraction of sp³-hybridized carbons (Fsp3) is 0.385. The third-order valence-corrected chi connectivity index (χ3v) is 4.13. The second-order valence-electron chi connectivity index (χ2n) is 4.57. The lowest BCUT2D eigenvalue weighted by atomic mass is 9.91. The fourth-order valence-corrected chi connectivity index (χ4v) is 3.12. The second kappa shape index (κ2) is 4.52. The Hall–Kier alpha value is -0.700. The van der Waals surface area contributed by atoms with E-state index in [9.17, 15) is 0 Å². The summed E-state index contributed by atoms with van der Waals surface area (Å²) in [6, 6.07) is 3.71. The number of aromatic nitrogens is 1. The first-order valence-corrected chi connectivity index (χ1v) is 6.68. The van der Waals surface area contributed by atoms with Crippen LogP contribution >= 0.6 is 23.2 Å². The van der Waals surface area contributed by atoms with Crippen molar-refractivity contribution >= 4 is 34.1 Å². The highest BCUT2D eigenvalue weighted by atomic mass is 35.5. The number of benzene rings is 1. The number of fused-ring (bicyclic) bond motifs is 1. The number of rotatable bonds is 1. The first kappa shape index (κ1) is 11.4. The van der Waals surface area contributed by atoms with Crippen LogP contribution in [-0.2, 0) is 0 Å². The van der Waals surface area contributed by atoms with Crippen LogP contribution in [-0.4, -0.2) is 18.1 Å². The van der Waals surface area contributed by atoms with Gasteiger partial charge in [-0.2, -0.15) is 0 Å². The largest absolute Gasteiger partial charge is 0.360 e. The predicted molar refractivity (Wildman–Crippen MR) is 73.2 cm³/mol. The monoisotopic (exact) mass is 268 g/mol. The molecule has 1 aromatic carbocycles. The van der Waals surface area contributed by atoms with Crippen LogP contribution in [0.4, 0.5) is 0 Å². The summed E-state index contributed by atoms with van der Waals surface area (Å²) in [6.07, 6.45) is 4.48. The molecule has 1 atom stereocenters. The summed E-state index contributed by atoms with van der Waals surface area (Å²) in [5.41, 5.74) is 2.25. The highest BCUT2D eigenvalue weighted by Gasteiger charge is 2.20. The van der Waals surface area contributed by atoms with E-state index in [1.807, 2.05) is 12.1 Å². The third-order valence-electron chi connectivity index (χ3n) is 3.50. The van der Waals surface area contributed by atoms with Gasteiger partial charge < -0.3 is 10.3 Å². The summed E-state index contributed by atoms with van der Waals surface area (Å²) in [5, 5.41) is 6.04. The van der Waals surface area contributed by atoms with Crippen molar-refractivity contribution in [3.8, 4) is 0 Å². The van der Waals surface area contributed by atoms with Gasteiger partial charge in [0.2, 0.25) is 0 Å². The highest BCUT2D eigenvalue weighted by Crippen LogP contribution is 2.37. The van der Waals surface area contributed by atoms with Gasteiger partial charge in [0.05, 0.1) is 15.6 Å². The molecule has 0 bridgehead atoms. The molecule has 17 heavy (non-hydrogen) atoms. The van der Waals surface area contributed by atoms with Gasteiger partial charge in [-0.1, -0.05) is 23.2 Å². The number of piperidine rings is 1. The standard InChI is InChI=1S/C13H14Cl2N2/c14-10-3-4-11(15)13-12(10)9(7-17-13)8-2-1-5-16-6-8/h3-4,7-8,16-17H,1-2,5-6H2. The molecular weight excluding hydrogens is 255 g/mol. The van der Waals surface area contributed by atoms with E-state index in [-0.39, 0.29) is 0 Å². The summed E-state index contributed by atoms with van der Waals surface area (Å²) in [4.78, 5) is 3.25. The van der Waals surface area contributed by atoms with Crippen molar-refractivity contribution in [2.75, 3.05) is 13.1 Å². The van der Waals surface area contributed by atoms with Crippen molar-refractivity contribution in [2.24, 2.45) is 0 Å². The minimum absolute atomic E-state index is 0.536. The first-order chi connectivity index (χ1) is 8.27. The smallest absolute Gasteiger partial charge is 0.0661 e. The number of H-pyrrole nitrogens is 1. The predicted octanol–water partition coefficient (Wildman–Crippen LogP) is 3.94. The van der Waals surface area contributed by atoms with Gasteiger partial charge in [-0.25, -0.2) is 0 Å². The van der Waals surface area contributed by atoms with E-state index in [0.717, 1.165) is 34.0 Å². The minimum atomic E-state index is 0.536. The Morgan fingerprint density at radius 3 is 2.76 bits per heavy atom. The zero-order valence-electron chi connectivity index (χ0n) is 9.39. The molecule has 0 saturated carbocycles. The number of hydrogen-bond donors (Lipinski definition) is 2. The Kier molecular flexibility index (Phi) is 3.03. The topological polar surface area (TPSA) is 27.8 Å². The van der Waals surface area contributed by atoms with Gasteiger partial charge in [-0.05, 0) is 43.0 Å². The van der Waals surface area contributed by atoms with Crippen LogP contribution < -0.4 is 5.32 Å². The molecule has 3 rings (SSSR count). The number of nitrogens with one attached hydrogen (secondary N) is 2. The molecule has 1 aliphatic rings. The van der Waals surface area contributed by atoms with Crippen molar-refractivity contribution in [3.63, 3.8) is 0 Å². The van der Waals surface area contributed by atoms with Crippen LogP contribution in [0.3, 0.4) is 0 Å². The Morgan fingerprint density at radius 1 is 1.18 bits per heavy atom. The molecule has 4 heteroatoms.